The molecule has 0 aliphatic heterocycles. The predicted molar refractivity (Wildman–Crippen MR) is 76.6 cm³/mol. The molecule has 0 radical (unpaired) electrons. The van der Waals surface area contributed by atoms with Crippen LogP contribution in [0.1, 0.15) is 6.92 Å². The molecule has 3 rings (SSSR count). The molecule has 1 atom stereocenters. The van der Waals surface area contributed by atoms with Crippen molar-refractivity contribution < 1.29 is 18.4 Å². The first-order valence-corrected chi connectivity index (χ1v) is 7.31. The molecule has 0 aliphatic rings. The highest BCUT2D eigenvalue weighted by atomic mass is 31.1. The van der Waals surface area contributed by atoms with Crippen LogP contribution < -0.4 is 0 Å². The van der Waals surface area contributed by atoms with Gasteiger partial charge in [-0.15, -0.1) is 0 Å². The number of hydrogen-bond donors (Lipinski definition) is 2. The predicted octanol–water partition coefficient (Wildman–Crippen LogP) is 3.23. The lowest BCUT2D eigenvalue weighted by Gasteiger charge is -1.86. The fourth-order valence-electron chi connectivity index (χ4n) is 1.61. The van der Waals surface area contributed by atoms with E-state index in [-0.39, 0.29) is 0 Å². The normalized spacial score (nSPS) is 11.9. The molecule has 0 saturated carbocycles. The van der Waals surface area contributed by atoms with Crippen molar-refractivity contribution in [3.63, 3.8) is 0 Å². The average molecular weight is 294 g/mol. The number of benzene rings is 1. The van der Waals surface area contributed by atoms with Gasteiger partial charge in [0.05, 0.1) is 23.9 Å². The van der Waals surface area contributed by atoms with Gasteiger partial charge in [-0.05, 0) is 31.2 Å². The summed E-state index contributed by atoms with van der Waals surface area (Å²) in [5.74, 6) is 1.54. The highest BCUT2D eigenvalue weighted by molar-refractivity contribution is 7.32. The second kappa shape index (κ2) is 7.05. The zero-order chi connectivity index (χ0) is 14.4. The Morgan fingerprint density at radius 2 is 2.15 bits per heavy atom. The zero-order valence-electron chi connectivity index (χ0n) is 10.9. The molecule has 2 N–H and O–H groups in total. The van der Waals surface area contributed by atoms with Crippen LogP contribution in [0.25, 0.3) is 22.6 Å². The van der Waals surface area contributed by atoms with Gasteiger partial charge in [-0.1, -0.05) is 12.1 Å². The van der Waals surface area contributed by atoms with Crippen LogP contribution in [0.2, 0.25) is 0 Å². The highest BCUT2D eigenvalue weighted by Crippen LogP contribution is 2.20. The van der Waals surface area contributed by atoms with Gasteiger partial charge in [0.1, 0.15) is 0 Å². The molecule has 106 valence electrons. The van der Waals surface area contributed by atoms with Crippen molar-refractivity contribution in [2.45, 2.75) is 6.92 Å². The molecule has 0 saturated heterocycles. The molecular formula is C13H15N2O4P. The molecule has 0 fully saturated rings. The van der Waals surface area contributed by atoms with Gasteiger partial charge in [0.25, 0.3) is 0 Å². The van der Waals surface area contributed by atoms with E-state index in [2.05, 4.69) is 14.5 Å². The second-order valence-electron chi connectivity index (χ2n) is 3.78. The smallest absolute Gasteiger partial charge is 0.316 e. The third-order valence-corrected chi connectivity index (χ3v) is 2.95. The summed E-state index contributed by atoms with van der Waals surface area (Å²) >= 11 is 0. The maximum atomic E-state index is 9.56. The van der Waals surface area contributed by atoms with Crippen LogP contribution in [-0.2, 0) is 9.09 Å². The van der Waals surface area contributed by atoms with Gasteiger partial charge < -0.3 is 18.8 Å². The van der Waals surface area contributed by atoms with Gasteiger partial charge in [0.2, 0.25) is 0 Å². The molecule has 1 unspecified atom stereocenters. The van der Waals surface area contributed by atoms with E-state index in [4.69, 9.17) is 9.31 Å². The van der Waals surface area contributed by atoms with Crippen LogP contribution in [0, 0.1) is 0 Å². The zero-order valence-corrected chi connectivity index (χ0v) is 11.9. The molecule has 0 spiro atoms. The first-order chi connectivity index (χ1) is 9.70. The first kappa shape index (κ1) is 14.5. The summed E-state index contributed by atoms with van der Waals surface area (Å²) in [5.41, 5.74) is 1.98. The van der Waals surface area contributed by atoms with E-state index in [1.54, 1.807) is 13.2 Å². The van der Waals surface area contributed by atoms with Crippen LogP contribution in [-0.4, -0.2) is 21.5 Å². The topological polar surface area (TPSA) is 88.3 Å². The number of aromatic amines is 1. The maximum absolute atomic E-state index is 9.56. The molecule has 3 aromatic rings. The third kappa shape index (κ3) is 3.81. The lowest BCUT2D eigenvalue weighted by Crippen LogP contribution is -1.73. The summed E-state index contributed by atoms with van der Waals surface area (Å²) in [7, 11) is -2.64. The number of nitrogens with one attached hydrogen (secondary N) is 1. The fraction of sp³-hybridized carbons (Fsp3) is 0.154. The van der Waals surface area contributed by atoms with Crippen molar-refractivity contribution in [3.05, 3.63) is 42.7 Å². The minimum Gasteiger partial charge on any atom is -0.461 e. The Labute approximate surface area is 116 Å². The van der Waals surface area contributed by atoms with Crippen LogP contribution >= 0.6 is 8.25 Å². The van der Waals surface area contributed by atoms with Gasteiger partial charge in [-0.3, -0.25) is 4.57 Å². The first-order valence-electron chi connectivity index (χ1n) is 6.05. The Balaban J connectivity index is 0.000000212. The Bertz CT molecular complexity index is 646. The molecule has 6 nitrogen and oxygen atoms in total. The molecule has 0 bridgehead atoms. The van der Waals surface area contributed by atoms with E-state index in [1.165, 1.54) is 0 Å². The van der Waals surface area contributed by atoms with Crippen molar-refractivity contribution in [2.75, 3.05) is 6.61 Å². The molecule has 1 aromatic carbocycles. The number of fused-ring (bicyclic) bond motifs is 1. The Morgan fingerprint density at radius 3 is 2.70 bits per heavy atom. The molecule has 20 heavy (non-hydrogen) atoms. The molecule has 7 heteroatoms. The van der Waals surface area contributed by atoms with Crippen molar-refractivity contribution in [3.8, 4) is 11.6 Å². The molecule has 2 aromatic heterocycles. The molecule has 0 amide bonds. The Hall–Kier alpha value is -1.88. The number of furan rings is 1. The van der Waals surface area contributed by atoms with Crippen LogP contribution in [0.5, 0.6) is 0 Å². The maximum Gasteiger partial charge on any atom is 0.316 e. The minimum absolute atomic E-state index is 0.314. The average Bonchev–Trinajstić information content (AvgIpc) is 3.08. The second-order valence-corrected chi connectivity index (χ2v) is 4.60. The van der Waals surface area contributed by atoms with Crippen LogP contribution in [0.4, 0.5) is 0 Å². The molecular weight excluding hydrogens is 279 g/mol. The quantitative estimate of drug-likeness (QED) is 0.724. The van der Waals surface area contributed by atoms with E-state index in [9.17, 15) is 4.57 Å². The number of hydrogen-bond acceptors (Lipinski definition) is 4. The Kier molecular flexibility index (Phi) is 5.12. The van der Waals surface area contributed by atoms with Gasteiger partial charge in [0.15, 0.2) is 11.6 Å². The number of para-hydroxylation sites is 2. The number of nitrogens with zero attached hydrogens (tertiary/aromatic N) is 1. The van der Waals surface area contributed by atoms with Crippen LogP contribution in [0.3, 0.4) is 0 Å². The standard InChI is InChI=1S/C11H8N2O.C2H7O3P/c1-2-5-9-8(4-1)12-11(13-9)10-6-3-7-14-10;1-2-5-6(3)4/h1-7H,(H,12,13);6H,2H2,1H3,(H,3,4). The number of rotatable bonds is 3. The summed E-state index contributed by atoms with van der Waals surface area (Å²) in [6.45, 7) is 1.98. The lowest BCUT2D eigenvalue weighted by molar-refractivity contribution is 0.297. The van der Waals surface area contributed by atoms with E-state index < -0.39 is 8.25 Å². The van der Waals surface area contributed by atoms with Gasteiger partial charge >= 0.3 is 8.25 Å². The summed E-state index contributed by atoms with van der Waals surface area (Å²) in [6, 6.07) is 11.6. The fourth-order valence-corrected chi connectivity index (χ4v) is 1.85. The van der Waals surface area contributed by atoms with Crippen molar-refractivity contribution >= 4 is 19.3 Å². The number of aromatic nitrogens is 2. The van der Waals surface area contributed by atoms with Crippen molar-refractivity contribution in [2.24, 2.45) is 0 Å². The van der Waals surface area contributed by atoms with Crippen LogP contribution in [0.15, 0.2) is 47.1 Å². The van der Waals surface area contributed by atoms with Gasteiger partial charge in [-0.25, -0.2) is 4.98 Å². The van der Waals surface area contributed by atoms with E-state index in [0.717, 1.165) is 22.6 Å². The summed E-state index contributed by atoms with van der Waals surface area (Å²) in [6.07, 6.45) is 1.64. The monoisotopic (exact) mass is 294 g/mol. The third-order valence-electron chi connectivity index (χ3n) is 2.41. The summed E-state index contributed by atoms with van der Waals surface area (Å²) in [5, 5.41) is 0. The number of imidazole rings is 1. The van der Waals surface area contributed by atoms with Crippen molar-refractivity contribution in [1.82, 2.24) is 9.97 Å². The van der Waals surface area contributed by atoms with Gasteiger partial charge in [-0.2, -0.15) is 0 Å². The van der Waals surface area contributed by atoms with Crippen molar-refractivity contribution in [1.29, 1.82) is 0 Å². The Morgan fingerprint density at radius 1 is 1.35 bits per heavy atom. The van der Waals surface area contributed by atoms with E-state index in [0.29, 0.717) is 6.61 Å². The van der Waals surface area contributed by atoms with E-state index >= 15 is 0 Å². The largest absolute Gasteiger partial charge is 0.461 e. The lowest BCUT2D eigenvalue weighted by atomic mass is 10.3. The minimum atomic E-state index is -2.64. The summed E-state index contributed by atoms with van der Waals surface area (Å²) in [4.78, 5) is 15.5. The SMILES string of the molecule is CCO[PH](=O)O.c1coc(-c2nc3ccccc3[nH]2)c1. The molecule has 0 aliphatic carbocycles. The van der Waals surface area contributed by atoms with Gasteiger partial charge in [0, 0.05) is 0 Å². The molecule has 2 heterocycles. The highest BCUT2D eigenvalue weighted by Gasteiger charge is 2.05. The summed E-state index contributed by atoms with van der Waals surface area (Å²) < 4.78 is 19.0. The number of H-pyrrole nitrogens is 1. The van der Waals surface area contributed by atoms with E-state index in [1.807, 2.05) is 36.4 Å².